The summed E-state index contributed by atoms with van der Waals surface area (Å²) in [5.74, 6) is -0.538. The van der Waals surface area contributed by atoms with Crippen molar-refractivity contribution >= 4 is 24.2 Å². The lowest BCUT2D eigenvalue weighted by molar-refractivity contribution is 0.589. The largest absolute Gasteiger partial charge is 0.329 e. The summed E-state index contributed by atoms with van der Waals surface area (Å²) >= 11 is 9.17. The van der Waals surface area contributed by atoms with Gasteiger partial charge in [0.05, 0.1) is 5.56 Å². The van der Waals surface area contributed by atoms with Crippen molar-refractivity contribution in [3.8, 4) is 11.1 Å². The maximum absolute atomic E-state index is 13.4. The van der Waals surface area contributed by atoms with E-state index in [2.05, 4.69) is 12.6 Å². The molecule has 0 unspecified atom stereocenters. The van der Waals surface area contributed by atoms with Gasteiger partial charge in [-0.05, 0) is 29.8 Å². The maximum Gasteiger partial charge on any atom is 0.133 e. The van der Waals surface area contributed by atoms with E-state index >= 15 is 0 Å². The smallest absolute Gasteiger partial charge is 0.133 e. The van der Waals surface area contributed by atoms with Crippen molar-refractivity contribution in [3.05, 3.63) is 54.1 Å². The Morgan fingerprint density at radius 3 is 1.89 bits per heavy atom. The molecule has 0 spiro atoms. The molecule has 2 rings (SSSR count). The Bertz CT molecular complexity index is 495. The van der Waals surface area contributed by atoms with E-state index in [0.29, 0.717) is 18.0 Å². The third-order valence-electron chi connectivity index (χ3n) is 2.23. The molecule has 0 heterocycles. The third-order valence-corrected chi connectivity index (χ3v) is 2.74. The normalized spacial score (nSPS) is 9.74. The van der Waals surface area contributed by atoms with Crippen LogP contribution in [0, 0.1) is 11.6 Å². The van der Waals surface area contributed by atoms with Crippen LogP contribution in [0.4, 0.5) is 8.78 Å². The molecule has 2 N–H and O–H groups in total. The number of hydrogen-bond acceptors (Lipinski definition) is 2. The van der Waals surface area contributed by atoms with E-state index in [4.69, 9.17) is 17.3 Å². The van der Waals surface area contributed by atoms with Crippen molar-refractivity contribution < 1.29 is 8.78 Å². The van der Waals surface area contributed by atoms with Gasteiger partial charge in [-0.25, -0.2) is 8.78 Å². The minimum atomic E-state index is -0.554. The first-order chi connectivity index (χ1) is 9.10. The summed E-state index contributed by atoms with van der Waals surface area (Å²) in [4.78, 5) is 0.760. The van der Waals surface area contributed by atoms with E-state index in [9.17, 15) is 8.78 Å². The van der Waals surface area contributed by atoms with Gasteiger partial charge in [0.25, 0.3) is 0 Å². The van der Waals surface area contributed by atoms with Gasteiger partial charge >= 0.3 is 0 Å². The molecular weight excluding hydrogens is 288 g/mol. The molecule has 0 aliphatic heterocycles. The molecule has 0 bridgehead atoms. The van der Waals surface area contributed by atoms with Crippen LogP contribution in [0.15, 0.2) is 47.4 Å². The Balaban J connectivity index is 0.000000399. The lowest BCUT2D eigenvalue weighted by atomic mass is 10.0. The topological polar surface area (TPSA) is 26.0 Å². The highest BCUT2D eigenvalue weighted by molar-refractivity contribution is 7.80. The van der Waals surface area contributed by atoms with E-state index < -0.39 is 11.6 Å². The summed E-state index contributed by atoms with van der Waals surface area (Å²) < 4.78 is 26.8. The molecule has 0 atom stereocenters. The zero-order chi connectivity index (χ0) is 14.3. The molecular formula is C14H14ClF2NS. The Kier molecular flexibility index (Phi) is 6.84. The van der Waals surface area contributed by atoms with Crippen LogP contribution >= 0.6 is 24.2 Å². The van der Waals surface area contributed by atoms with Crippen LogP contribution in [0.25, 0.3) is 11.1 Å². The fourth-order valence-electron chi connectivity index (χ4n) is 1.40. The van der Waals surface area contributed by atoms with Crippen LogP contribution in [0.1, 0.15) is 0 Å². The van der Waals surface area contributed by atoms with Gasteiger partial charge in [0.15, 0.2) is 0 Å². The predicted molar refractivity (Wildman–Crippen MR) is 78.8 cm³/mol. The number of thiol groups is 1. The molecule has 0 fully saturated rings. The highest BCUT2D eigenvalue weighted by atomic mass is 35.5. The van der Waals surface area contributed by atoms with Gasteiger partial charge in [0.1, 0.15) is 11.6 Å². The quantitative estimate of drug-likeness (QED) is 0.634. The summed E-state index contributed by atoms with van der Waals surface area (Å²) in [5, 5.41) is 0. The van der Waals surface area contributed by atoms with Crippen molar-refractivity contribution in [2.45, 2.75) is 4.90 Å². The molecule has 19 heavy (non-hydrogen) atoms. The van der Waals surface area contributed by atoms with Crippen LogP contribution < -0.4 is 5.73 Å². The number of hydrogen-bond donors (Lipinski definition) is 2. The van der Waals surface area contributed by atoms with Gasteiger partial charge in [-0.3, -0.25) is 0 Å². The van der Waals surface area contributed by atoms with Crippen LogP contribution in [0.3, 0.4) is 0 Å². The van der Waals surface area contributed by atoms with Crippen LogP contribution in [0.2, 0.25) is 0 Å². The molecule has 0 radical (unpaired) electrons. The Labute approximate surface area is 121 Å². The molecule has 0 aromatic heterocycles. The molecule has 0 saturated carbocycles. The number of nitrogens with two attached hydrogens (primary N) is 1. The molecule has 1 nitrogen and oxygen atoms in total. The monoisotopic (exact) mass is 301 g/mol. The van der Waals surface area contributed by atoms with E-state index in [1.54, 1.807) is 24.3 Å². The standard InChI is InChI=1S/C12H8F2S.C2H6ClN/c13-10-2-1-3-11(14)12(10)8-4-6-9(15)7-5-8;3-1-2-4/h1-7,15H;1-2,4H2. The molecule has 0 aliphatic carbocycles. The Morgan fingerprint density at radius 2 is 1.47 bits per heavy atom. The van der Waals surface area contributed by atoms with Crippen molar-refractivity contribution in [2.24, 2.45) is 5.73 Å². The summed E-state index contributed by atoms with van der Waals surface area (Å²) in [6.07, 6.45) is 0. The Morgan fingerprint density at radius 1 is 1.00 bits per heavy atom. The average molecular weight is 302 g/mol. The molecule has 0 amide bonds. The summed E-state index contributed by atoms with van der Waals surface area (Å²) in [7, 11) is 0. The number of alkyl halides is 1. The van der Waals surface area contributed by atoms with E-state index in [-0.39, 0.29) is 5.56 Å². The number of halogens is 3. The average Bonchev–Trinajstić information content (AvgIpc) is 2.41. The summed E-state index contributed by atoms with van der Waals surface area (Å²) in [6, 6.07) is 10.5. The van der Waals surface area contributed by atoms with E-state index in [0.717, 1.165) is 4.90 Å². The second kappa shape index (κ2) is 8.15. The first kappa shape index (κ1) is 16.0. The second-order valence-corrected chi connectivity index (χ2v) is 4.52. The van der Waals surface area contributed by atoms with Gasteiger partial charge in [0, 0.05) is 17.3 Å². The van der Waals surface area contributed by atoms with Crippen LogP contribution in [-0.4, -0.2) is 12.4 Å². The molecule has 102 valence electrons. The van der Waals surface area contributed by atoms with Crippen LogP contribution in [-0.2, 0) is 0 Å². The molecule has 0 aliphatic rings. The SMILES string of the molecule is Fc1cccc(F)c1-c1ccc(S)cc1.NCCCl. The highest BCUT2D eigenvalue weighted by Crippen LogP contribution is 2.26. The predicted octanol–water partition coefficient (Wildman–Crippen LogP) is 4.10. The number of benzene rings is 2. The second-order valence-electron chi connectivity index (χ2n) is 3.62. The molecule has 2 aromatic carbocycles. The summed E-state index contributed by atoms with van der Waals surface area (Å²) in [5.41, 5.74) is 5.42. The highest BCUT2D eigenvalue weighted by Gasteiger charge is 2.09. The molecule has 2 aromatic rings. The van der Waals surface area contributed by atoms with E-state index in [1.807, 2.05) is 0 Å². The zero-order valence-corrected chi connectivity index (χ0v) is 11.8. The lowest BCUT2D eigenvalue weighted by Crippen LogP contribution is -1.97. The summed E-state index contributed by atoms with van der Waals surface area (Å²) in [6.45, 7) is 0.585. The van der Waals surface area contributed by atoms with Gasteiger partial charge in [-0.15, -0.1) is 24.2 Å². The minimum absolute atomic E-state index is 0.00540. The third kappa shape index (κ3) is 4.82. The fourth-order valence-corrected chi connectivity index (χ4v) is 1.55. The molecule has 5 heteroatoms. The van der Waals surface area contributed by atoms with Crippen molar-refractivity contribution in [1.29, 1.82) is 0 Å². The molecule has 0 saturated heterocycles. The first-order valence-corrected chi connectivity index (χ1v) is 6.57. The lowest BCUT2D eigenvalue weighted by Gasteiger charge is -2.04. The van der Waals surface area contributed by atoms with Gasteiger partial charge in [-0.1, -0.05) is 18.2 Å². The van der Waals surface area contributed by atoms with Gasteiger partial charge in [0.2, 0.25) is 0 Å². The van der Waals surface area contributed by atoms with Gasteiger partial charge in [-0.2, -0.15) is 0 Å². The van der Waals surface area contributed by atoms with Crippen molar-refractivity contribution in [2.75, 3.05) is 12.4 Å². The zero-order valence-electron chi connectivity index (χ0n) is 10.1. The van der Waals surface area contributed by atoms with Gasteiger partial charge < -0.3 is 5.73 Å². The van der Waals surface area contributed by atoms with Crippen LogP contribution in [0.5, 0.6) is 0 Å². The van der Waals surface area contributed by atoms with E-state index in [1.165, 1.54) is 18.2 Å². The Hall–Kier alpha value is -1.10. The fraction of sp³-hybridized carbons (Fsp3) is 0.143. The van der Waals surface area contributed by atoms with Crippen molar-refractivity contribution in [1.82, 2.24) is 0 Å². The first-order valence-electron chi connectivity index (χ1n) is 5.59. The van der Waals surface area contributed by atoms with Crippen molar-refractivity contribution in [3.63, 3.8) is 0 Å². The minimum Gasteiger partial charge on any atom is -0.329 e. The number of rotatable bonds is 2. The maximum atomic E-state index is 13.4.